The molecular weight excluding hydrogens is 290 g/mol. The summed E-state index contributed by atoms with van der Waals surface area (Å²) >= 11 is 1.71. The van der Waals surface area contributed by atoms with Crippen LogP contribution in [0.15, 0.2) is 30.5 Å². The molecule has 2 N–H and O–H groups in total. The quantitative estimate of drug-likeness (QED) is 0.443. The molecule has 0 aliphatic rings. The topological polar surface area (TPSA) is 88.3 Å². The van der Waals surface area contributed by atoms with Crippen molar-refractivity contribution in [2.24, 2.45) is 0 Å². The summed E-state index contributed by atoms with van der Waals surface area (Å²) in [6, 6.07) is 7.36. The summed E-state index contributed by atoms with van der Waals surface area (Å²) in [5, 5.41) is 23.7. The van der Waals surface area contributed by atoms with E-state index in [-0.39, 0.29) is 12.3 Å². The number of aliphatic hydroxyl groups is 1. The molecule has 2 rings (SSSR count). The first-order valence-electron chi connectivity index (χ1n) is 6.68. The summed E-state index contributed by atoms with van der Waals surface area (Å²) < 4.78 is 0. The number of thioether (sulfide) groups is 1. The minimum Gasteiger partial charge on any atom is -0.396 e. The second kappa shape index (κ2) is 7.80. The van der Waals surface area contributed by atoms with Crippen molar-refractivity contribution < 1.29 is 10.0 Å². The Labute approximate surface area is 126 Å². The number of aliphatic hydroxyl groups excluding tert-OH is 1. The molecule has 7 heteroatoms. The number of para-hydroxylation sites is 1. The summed E-state index contributed by atoms with van der Waals surface area (Å²) in [5.74, 6) is 1.71. The van der Waals surface area contributed by atoms with Crippen LogP contribution in [0.3, 0.4) is 0 Å². The van der Waals surface area contributed by atoms with Crippen LogP contribution in [0.5, 0.6) is 0 Å². The van der Waals surface area contributed by atoms with Gasteiger partial charge in [0.15, 0.2) is 0 Å². The summed E-state index contributed by atoms with van der Waals surface area (Å²) in [7, 11) is 0. The van der Waals surface area contributed by atoms with E-state index in [4.69, 9.17) is 5.11 Å². The van der Waals surface area contributed by atoms with Crippen LogP contribution in [-0.2, 0) is 0 Å². The number of hydrogen-bond donors (Lipinski definition) is 2. The lowest BCUT2D eigenvalue weighted by atomic mass is 10.1. The molecule has 0 atom stereocenters. The van der Waals surface area contributed by atoms with Gasteiger partial charge in [-0.1, -0.05) is 18.2 Å². The lowest BCUT2D eigenvalue weighted by Crippen LogP contribution is -2.08. The van der Waals surface area contributed by atoms with Gasteiger partial charge in [0.05, 0.1) is 10.4 Å². The SMILES string of the molecule is O=[N+]([O-])c1cnc2ccccc2c1NCCSCCCO. The van der Waals surface area contributed by atoms with Gasteiger partial charge in [0.2, 0.25) is 0 Å². The fourth-order valence-electron chi connectivity index (χ4n) is 1.97. The maximum atomic E-state index is 11.1. The van der Waals surface area contributed by atoms with Crippen molar-refractivity contribution in [3.63, 3.8) is 0 Å². The smallest absolute Gasteiger partial charge is 0.311 e. The van der Waals surface area contributed by atoms with Gasteiger partial charge in [-0.15, -0.1) is 0 Å². The van der Waals surface area contributed by atoms with Crippen LogP contribution >= 0.6 is 11.8 Å². The highest BCUT2D eigenvalue weighted by Gasteiger charge is 2.17. The Hall–Kier alpha value is -1.86. The molecule has 21 heavy (non-hydrogen) atoms. The molecule has 0 unspecified atom stereocenters. The van der Waals surface area contributed by atoms with Gasteiger partial charge in [0.25, 0.3) is 0 Å². The summed E-state index contributed by atoms with van der Waals surface area (Å²) in [4.78, 5) is 14.8. The average Bonchev–Trinajstić information content (AvgIpc) is 2.50. The van der Waals surface area contributed by atoms with Crippen molar-refractivity contribution in [1.82, 2.24) is 4.98 Å². The van der Waals surface area contributed by atoms with E-state index in [1.54, 1.807) is 11.8 Å². The van der Waals surface area contributed by atoms with E-state index in [1.807, 2.05) is 24.3 Å². The number of aromatic nitrogens is 1. The van der Waals surface area contributed by atoms with Gasteiger partial charge < -0.3 is 10.4 Å². The molecule has 1 heterocycles. The molecule has 2 aromatic rings. The van der Waals surface area contributed by atoms with Crippen LogP contribution in [0, 0.1) is 10.1 Å². The zero-order valence-corrected chi connectivity index (χ0v) is 12.3. The van der Waals surface area contributed by atoms with E-state index in [0.29, 0.717) is 12.2 Å². The standard InChI is InChI=1S/C14H17N3O3S/c18-7-3-8-21-9-6-15-14-11-4-1-2-5-12(11)16-10-13(14)17(19)20/h1-2,4-5,10,18H,3,6-9H2,(H,15,16). The third-order valence-corrected chi connectivity index (χ3v) is 4.02. The number of anilines is 1. The van der Waals surface area contributed by atoms with E-state index < -0.39 is 4.92 Å². The van der Waals surface area contributed by atoms with Crippen molar-refractivity contribution in [2.75, 3.05) is 30.0 Å². The number of fused-ring (bicyclic) bond motifs is 1. The van der Waals surface area contributed by atoms with Gasteiger partial charge in [-0.2, -0.15) is 11.8 Å². The number of nitrogens with one attached hydrogen (secondary N) is 1. The molecule has 0 bridgehead atoms. The Balaban J connectivity index is 2.12. The van der Waals surface area contributed by atoms with Crippen LogP contribution in [0.25, 0.3) is 10.9 Å². The average molecular weight is 307 g/mol. The molecule has 0 radical (unpaired) electrons. The summed E-state index contributed by atoms with van der Waals surface area (Å²) in [6.07, 6.45) is 2.06. The molecule has 0 saturated carbocycles. The van der Waals surface area contributed by atoms with Crippen molar-refractivity contribution in [1.29, 1.82) is 0 Å². The predicted molar refractivity (Wildman–Crippen MR) is 85.9 cm³/mol. The number of benzene rings is 1. The highest BCUT2D eigenvalue weighted by atomic mass is 32.2. The van der Waals surface area contributed by atoms with Gasteiger partial charge in [-0.3, -0.25) is 10.1 Å². The fourth-order valence-corrected chi connectivity index (χ4v) is 2.76. The number of pyridine rings is 1. The van der Waals surface area contributed by atoms with Crippen molar-refractivity contribution in [3.05, 3.63) is 40.6 Å². The monoisotopic (exact) mass is 307 g/mol. The normalized spacial score (nSPS) is 10.7. The lowest BCUT2D eigenvalue weighted by molar-refractivity contribution is -0.384. The maximum Gasteiger partial charge on any atom is 0.311 e. The highest BCUT2D eigenvalue weighted by molar-refractivity contribution is 7.99. The van der Waals surface area contributed by atoms with E-state index in [1.165, 1.54) is 6.20 Å². The minimum atomic E-state index is -0.416. The van der Waals surface area contributed by atoms with Crippen LogP contribution < -0.4 is 5.32 Å². The van der Waals surface area contributed by atoms with Crippen LogP contribution in [0.1, 0.15) is 6.42 Å². The molecule has 6 nitrogen and oxygen atoms in total. The van der Waals surface area contributed by atoms with Gasteiger partial charge in [0, 0.05) is 24.3 Å². The number of hydrogen-bond acceptors (Lipinski definition) is 6. The molecule has 0 aliphatic heterocycles. The van der Waals surface area contributed by atoms with Gasteiger partial charge in [-0.05, 0) is 18.2 Å². The Morgan fingerprint density at radius 2 is 2.14 bits per heavy atom. The van der Waals surface area contributed by atoms with Gasteiger partial charge in [0.1, 0.15) is 11.9 Å². The van der Waals surface area contributed by atoms with Crippen LogP contribution in [0.4, 0.5) is 11.4 Å². The van der Waals surface area contributed by atoms with Gasteiger partial charge >= 0.3 is 5.69 Å². The molecule has 1 aromatic heterocycles. The van der Waals surface area contributed by atoms with E-state index >= 15 is 0 Å². The number of rotatable bonds is 8. The Morgan fingerprint density at radius 1 is 1.33 bits per heavy atom. The van der Waals surface area contributed by atoms with E-state index in [0.717, 1.165) is 28.8 Å². The maximum absolute atomic E-state index is 11.1. The minimum absolute atomic E-state index is 0.00550. The molecule has 0 amide bonds. The summed E-state index contributed by atoms with van der Waals surface area (Å²) in [5.41, 5.74) is 1.25. The molecule has 112 valence electrons. The molecular formula is C14H17N3O3S. The Kier molecular flexibility index (Phi) is 5.77. The summed E-state index contributed by atoms with van der Waals surface area (Å²) in [6.45, 7) is 0.825. The largest absolute Gasteiger partial charge is 0.396 e. The third-order valence-electron chi connectivity index (χ3n) is 2.95. The highest BCUT2D eigenvalue weighted by Crippen LogP contribution is 2.31. The third kappa shape index (κ3) is 4.05. The van der Waals surface area contributed by atoms with E-state index in [2.05, 4.69) is 10.3 Å². The zero-order chi connectivity index (χ0) is 15.1. The van der Waals surface area contributed by atoms with E-state index in [9.17, 15) is 10.1 Å². The second-order valence-electron chi connectivity index (χ2n) is 4.41. The molecule has 0 spiro atoms. The van der Waals surface area contributed by atoms with Crippen LogP contribution in [-0.4, -0.2) is 39.7 Å². The molecule has 0 saturated heterocycles. The fraction of sp³-hybridized carbons (Fsp3) is 0.357. The second-order valence-corrected chi connectivity index (χ2v) is 5.63. The van der Waals surface area contributed by atoms with Crippen molar-refractivity contribution in [3.8, 4) is 0 Å². The number of nitrogens with zero attached hydrogens (tertiary/aromatic N) is 2. The van der Waals surface area contributed by atoms with Crippen molar-refractivity contribution >= 4 is 34.0 Å². The first kappa shape index (κ1) is 15.5. The number of nitro groups is 1. The first-order valence-corrected chi connectivity index (χ1v) is 7.84. The first-order chi connectivity index (χ1) is 10.2. The van der Waals surface area contributed by atoms with Gasteiger partial charge in [-0.25, -0.2) is 4.98 Å². The zero-order valence-electron chi connectivity index (χ0n) is 11.5. The van der Waals surface area contributed by atoms with Crippen molar-refractivity contribution in [2.45, 2.75) is 6.42 Å². The van der Waals surface area contributed by atoms with Crippen LogP contribution in [0.2, 0.25) is 0 Å². The molecule has 0 fully saturated rings. The molecule has 1 aromatic carbocycles. The Morgan fingerprint density at radius 3 is 2.90 bits per heavy atom. The lowest BCUT2D eigenvalue weighted by Gasteiger charge is -2.09. The Bertz CT molecular complexity index is 621. The molecule has 0 aliphatic carbocycles. The predicted octanol–water partition coefficient (Wildman–Crippen LogP) is 2.67.